The van der Waals surface area contributed by atoms with Crippen molar-refractivity contribution in [3.63, 3.8) is 0 Å². The van der Waals surface area contributed by atoms with Gasteiger partial charge in [-0.05, 0) is 41.3 Å². The Morgan fingerprint density at radius 2 is 2.00 bits per heavy atom. The van der Waals surface area contributed by atoms with E-state index in [0.29, 0.717) is 13.1 Å². The maximum absolute atomic E-state index is 12.9. The molecule has 0 aromatic carbocycles. The van der Waals surface area contributed by atoms with E-state index in [1.165, 1.54) is 26.9 Å². The van der Waals surface area contributed by atoms with Crippen molar-refractivity contribution in [2.45, 2.75) is 52.5 Å². The number of H-pyrrole nitrogens is 1. The van der Waals surface area contributed by atoms with E-state index in [1.54, 1.807) is 6.08 Å². The first-order valence-corrected chi connectivity index (χ1v) is 10.6. The van der Waals surface area contributed by atoms with Gasteiger partial charge in [0.05, 0.1) is 0 Å². The molecule has 0 atom stereocenters. The van der Waals surface area contributed by atoms with Crippen LogP contribution in [0.25, 0.3) is 6.08 Å². The Bertz CT molecular complexity index is 913. The van der Waals surface area contributed by atoms with Gasteiger partial charge in [-0.15, -0.1) is 0 Å². The average molecular weight is 405 g/mol. The molecule has 2 rings (SSSR count). The first kappa shape index (κ1) is 21.7. The van der Waals surface area contributed by atoms with Crippen molar-refractivity contribution in [1.29, 1.82) is 0 Å². The number of anilines is 2. The topological polar surface area (TPSA) is 101 Å². The molecule has 28 heavy (non-hydrogen) atoms. The van der Waals surface area contributed by atoms with Crippen molar-refractivity contribution in [2.24, 2.45) is 0 Å². The number of unbranched alkanes of at least 4 members (excludes halogenated alkanes) is 3. The van der Waals surface area contributed by atoms with E-state index in [2.05, 4.69) is 11.9 Å². The highest BCUT2D eigenvalue weighted by Gasteiger charge is 2.22. The van der Waals surface area contributed by atoms with Gasteiger partial charge < -0.3 is 10.6 Å². The van der Waals surface area contributed by atoms with Crippen LogP contribution in [0.3, 0.4) is 0 Å². The Morgan fingerprint density at radius 1 is 1.25 bits per heavy atom. The van der Waals surface area contributed by atoms with Crippen molar-refractivity contribution in [3.05, 3.63) is 49.3 Å². The number of nitrogen functional groups attached to an aromatic ring is 1. The highest BCUT2D eigenvalue weighted by atomic mass is 32.1. The first-order valence-electron chi connectivity index (χ1n) is 9.63. The molecule has 2 aromatic heterocycles. The zero-order chi connectivity index (χ0) is 20.5. The number of rotatable bonds is 10. The second-order valence-corrected chi connectivity index (χ2v) is 7.37. The van der Waals surface area contributed by atoms with Crippen molar-refractivity contribution >= 4 is 34.8 Å². The van der Waals surface area contributed by atoms with E-state index in [-0.39, 0.29) is 17.4 Å². The number of aromatic nitrogens is 2. The smallest absolute Gasteiger partial charge is 0.330 e. The molecule has 3 N–H and O–H groups in total. The van der Waals surface area contributed by atoms with Crippen LogP contribution in [0.2, 0.25) is 0 Å². The second-order valence-electron chi connectivity index (χ2n) is 6.59. The number of nitrogens with one attached hydrogen (secondary N) is 1. The monoisotopic (exact) mass is 404 g/mol. The fourth-order valence-corrected chi connectivity index (χ4v) is 3.48. The summed E-state index contributed by atoms with van der Waals surface area (Å²) in [6.45, 7) is 4.82. The van der Waals surface area contributed by atoms with E-state index >= 15 is 0 Å². The molecule has 0 bridgehead atoms. The zero-order valence-electron chi connectivity index (χ0n) is 16.4. The standard InChI is InChI=1S/C20H28N4O3S/c1-3-5-7-12-23(16(25)9-8-15-10-13-28-14-15)17-18(21)24(11-6-4-2)20(27)22-19(17)26/h8-10,13-14H,3-7,11-12,21H2,1-2H3,(H,22,26,27)/b9-8+. The molecule has 152 valence electrons. The fraction of sp³-hybridized carbons (Fsp3) is 0.450. The Morgan fingerprint density at radius 3 is 2.64 bits per heavy atom. The maximum Gasteiger partial charge on any atom is 0.330 e. The molecule has 2 aromatic rings. The fourth-order valence-electron chi connectivity index (χ4n) is 2.86. The summed E-state index contributed by atoms with van der Waals surface area (Å²) in [6.07, 6.45) is 7.42. The van der Waals surface area contributed by atoms with Crippen molar-refractivity contribution in [2.75, 3.05) is 17.2 Å². The molecule has 8 heteroatoms. The van der Waals surface area contributed by atoms with Gasteiger partial charge in [-0.25, -0.2) is 4.79 Å². The third-order valence-corrected chi connectivity index (χ3v) is 5.13. The van der Waals surface area contributed by atoms with Crippen LogP contribution in [-0.2, 0) is 11.3 Å². The molecule has 0 fully saturated rings. The largest absolute Gasteiger partial charge is 0.383 e. The third kappa shape index (κ3) is 5.45. The SMILES string of the molecule is CCCCCN(C(=O)/C=C/c1ccsc1)c1c(N)n(CCCC)c(=O)[nH]c1=O. The predicted octanol–water partition coefficient (Wildman–Crippen LogP) is 3.22. The summed E-state index contributed by atoms with van der Waals surface area (Å²) in [5, 5.41) is 3.85. The summed E-state index contributed by atoms with van der Waals surface area (Å²) in [5.41, 5.74) is 5.97. The molecule has 0 saturated carbocycles. The number of nitrogens with two attached hydrogens (primary N) is 1. The molecule has 0 unspecified atom stereocenters. The lowest BCUT2D eigenvalue weighted by Crippen LogP contribution is -2.41. The number of nitrogens with zero attached hydrogens (tertiary/aromatic N) is 2. The molecule has 0 aliphatic rings. The number of aromatic amines is 1. The number of carbonyl (C=O) groups is 1. The summed E-state index contributed by atoms with van der Waals surface area (Å²) in [5.74, 6) is -0.295. The van der Waals surface area contributed by atoms with Crippen LogP contribution in [-0.4, -0.2) is 22.0 Å². The highest BCUT2D eigenvalue weighted by Crippen LogP contribution is 2.19. The van der Waals surface area contributed by atoms with Gasteiger partial charge in [0, 0.05) is 19.2 Å². The van der Waals surface area contributed by atoms with Gasteiger partial charge in [0.1, 0.15) is 5.82 Å². The molecule has 0 aliphatic heterocycles. The van der Waals surface area contributed by atoms with E-state index < -0.39 is 11.2 Å². The molecule has 0 spiro atoms. The van der Waals surface area contributed by atoms with Gasteiger partial charge in [-0.3, -0.25) is 19.1 Å². The minimum Gasteiger partial charge on any atom is -0.383 e. The van der Waals surface area contributed by atoms with Gasteiger partial charge in [0.25, 0.3) is 11.5 Å². The summed E-state index contributed by atoms with van der Waals surface area (Å²) in [7, 11) is 0. The molecule has 0 radical (unpaired) electrons. The maximum atomic E-state index is 12.9. The van der Waals surface area contributed by atoms with Gasteiger partial charge in [-0.1, -0.05) is 33.1 Å². The highest BCUT2D eigenvalue weighted by molar-refractivity contribution is 7.08. The number of thiophene rings is 1. The van der Waals surface area contributed by atoms with E-state index in [9.17, 15) is 14.4 Å². The van der Waals surface area contributed by atoms with Crippen LogP contribution in [0, 0.1) is 0 Å². The average Bonchev–Trinajstić information content (AvgIpc) is 3.18. The Balaban J connectivity index is 2.43. The minimum atomic E-state index is -0.635. The number of hydrogen-bond acceptors (Lipinski definition) is 5. The predicted molar refractivity (Wildman–Crippen MR) is 116 cm³/mol. The Hall–Kier alpha value is -2.61. The lowest BCUT2D eigenvalue weighted by atomic mass is 10.2. The quantitative estimate of drug-likeness (QED) is 0.469. The van der Waals surface area contributed by atoms with Crippen molar-refractivity contribution in [1.82, 2.24) is 9.55 Å². The van der Waals surface area contributed by atoms with Gasteiger partial charge in [0.15, 0.2) is 5.69 Å². The summed E-state index contributed by atoms with van der Waals surface area (Å²) >= 11 is 1.54. The van der Waals surface area contributed by atoms with Crippen molar-refractivity contribution in [3.8, 4) is 0 Å². The summed E-state index contributed by atoms with van der Waals surface area (Å²) in [6, 6.07) is 1.90. The molecule has 1 amide bonds. The minimum absolute atomic E-state index is 0.0379. The summed E-state index contributed by atoms with van der Waals surface area (Å²) < 4.78 is 1.34. The van der Waals surface area contributed by atoms with E-state index in [4.69, 9.17) is 5.73 Å². The van der Waals surface area contributed by atoms with Crippen LogP contribution in [0.15, 0.2) is 32.5 Å². The number of hydrogen-bond donors (Lipinski definition) is 2. The first-order chi connectivity index (χ1) is 13.5. The normalized spacial score (nSPS) is 11.2. The Kier molecular flexibility index (Phi) is 8.25. The van der Waals surface area contributed by atoms with E-state index in [0.717, 1.165) is 37.7 Å². The van der Waals surface area contributed by atoms with Crippen LogP contribution < -0.4 is 21.9 Å². The van der Waals surface area contributed by atoms with Crippen LogP contribution >= 0.6 is 11.3 Å². The molecular weight excluding hydrogens is 376 g/mol. The van der Waals surface area contributed by atoms with Crippen molar-refractivity contribution < 1.29 is 4.79 Å². The van der Waals surface area contributed by atoms with Gasteiger partial charge in [-0.2, -0.15) is 11.3 Å². The number of amides is 1. The molecule has 0 aliphatic carbocycles. The van der Waals surface area contributed by atoms with Crippen LogP contribution in [0.4, 0.5) is 11.5 Å². The molecule has 7 nitrogen and oxygen atoms in total. The number of carbonyl (C=O) groups excluding carboxylic acids is 1. The molecule has 0 saturated heterocycles. The zero-order valence-corrected chi connectivity index (χ0v) is 17.3. The third-order valence-electron chi connectivity index (χ3n) is 4.43. The van der Waals surface area contributed by atoms with Gasteiger partial charge >= 0.3 is 5.69 Å². The molecular formula is C20H28N4O3S. The van der Waals surface area contributed by atoms with Crippen LogP contribution in [0.1, 0.15) is 51.5 Å². The second kappa shape index (κ2) is 10.7. The summed E-state index contributed by atoms with van der Waals surface area (Å²) in [4.78, 5) is 41.3. The van der Waals surface area contributed by atoms with Gasteiger partial charge in [0.2, 0.25) is 0 Å². The van der Waals surface area contributed by atoms with Crippen LogP contribution in [0.5, 0.6) is 0 Å². The lowest BCUT2D eigenvalue weighted by molar-refractivity contribution is -0.114. The van der Waals surface area contributed by atoms with E-state index in [1.807, 2.05) is 23.8 Å². The Labute approximate surface area is 168 Å². The lowest BCUT2D eigenvalue weighted by Gasteiger charge is -2.23. The molecule has 2 heterocycles.